The molecule has 1 rings (SSSR count). The largest absolute Gasteiger partial charge is 0.487 e. The average Bonchev–Trinajstić information content (AvgIpc) is 2.25. The minimum Gasteiger partial charge on any atom is -0.487 e. The molecule has 1 aromatic rings. The van der Waals surface area contributed by atoms with Crippen LogP contribution in [0.1, 0.15) is 0 Å². The Morgan fingerprint density at radius 2 is 1.60 bits per heavy atom. The van der Waals surface area contributed by atoms with Crippen molar-refractivity contribution in [1.29, 1.82) is 0 Å². The van der Waals surface area contributed by atoms with Crippen LogP contribution in [-0.2, 0) is 0 Å². The van der Waals surface area contributed by atoms with Gasteiger partial charge in [-0.15, -0.1) is 0 Å². The lowest BCUT2D eigenvalue weighted by Crippen LogP contribution is -2.06. The van der Waals surface area contributed by atoms with E-state index in [1.54, 1.807) is 18.2 Å². The minimum absolute atomic E-state index is 0.0657. The SMILES string of the molecule is Nc1ccc(OCCO)c(OCCO)c1. The van der Waals surface area contributed by atoms with Crippen LogP contribution in [-0.4, -0.2) is 36.6 Å². The van der Waals surface area contributed by atoms with Gasteiger partial charge in [-0.2, -0.15) is 0 Å². The maximum atomic E-state index is 8.63. The molecular weight excluding hydrogens is 198 g/mol. The number of rotatable bonds is 6. The third-order valence-electron chi connectivity index (χ3n) is 1.67. The van der Waals surface area contributed by atoms with E-state index in [2.05, 4.69) is 0 Å². The zero-order valence-electron chi connectivity index (χ0n) is 8.35. The van der Waals surface area contributed by atoms with Gasteiger partial charge < -0.3 is 25.4 Å². The standard InChI is InChI=1S/C10H15NO4/c11-8-1-2-9(14-5-3-12)10(7-8)15-6-4-13/h1-2,7,12-13H,3-6,11H2. The molecule has 4 N–H and O–H groups in total. The second-order valence-corrected chi connectivity index (χ2v) is 2.85. The number of aliphatic hydroxyl groups is 2. The zero-order chi connectivity index (χ0) is 11.1. The first-order valence-corrected chi connectivity index (χ1v) is 4.64. The van der Waals surface area contributed by atoms with Gasteiger partial charge in [0.15, 0.2) is 11.5 Å². The van der Waals surface area contributed by atoms with Crippen LogP contribution in [0.2, 0.25) is 0 Å². The van der Waals surface area contributed by atoms with Crippen LogP contribution in [0.4, 0.5) is 5.69 Å². The summed E-state index contributed by atoms with van der Waals surface area (Å²) in [5.41, 5.74) is 6.14. The van der Waals surface area contributed by atoms with Gasteiger partial charge >= 0.3 is 0 Å². The van der Waals surface area contributed by atoms with Crippen LogP contribution >= 0.6 is 0 Å². The van der Waals surface area contributed by atoms with Gasteiger partial charge in [0.05, 0.1) is 13.2 Å². The van der Waals surface area contributed by atoms with Crippen molar-refractivity contribution in [3.05, 3.63) is 18.2 Å². The molecule has 0 spiro atoms. The number of ether oxygens (including phenoxy) is 2. The molecule has 1 aromatic carbocycles. The molecule has 0 bridgehead atoms. The third-order valence-corrected chi connectivity index (χ3v) is 1.67. The summed E-state index contributed by atoms with van der Waals surface area (Å²) in [6.07, 6.45) is 0. The highest BCUT2D eigenvalue weighted by atomic mass is 16.5. The number of hydrogen-bond donors (Lipinski definition) is 3. The predicted octanol–water partition coefficient (Wildman–Crippen LogP) is 0.0110. The van der Waals surface area contributed by atoms with Gasteiger partial charge in [-0.1, -0.05) is 0 Å². The molecule has 0 fully saturated rings. The Labute approximate surface area is 88.0 Å². The van der Waals surface area contributed by atoms with E-state index in [1.165, 1.54) is 0 Å². The highest BCUT2D eigenvalue weighted by Gasteiger charge is 2.05. The van der Waals surface area contributed by atoms with Gasteiger partial charge in [0, 0.05) is 11.8 Å². The summed E-state index contributed by atoms with van der Waals surface area (Å²) in [5.74, 6) is 0.976. The van der Waals surface area contributed by atoms with Crippen molar-refractivity contribution in [3.8, 4) is 11.5 Å². The Hall–Kier alpha value is -1.46. The van der Waals surface area contributed by atoms with Gasteiger partial charge in [0.1, 0.15) is 13.2 Å². The number of aliphatic hydroxyl groups excluding tert-OH is 2. The molecule has 0 saturated heterocycles. The fourth-order valence-electron chi connectivity index (χ4n) is 1.07. The smallest absolute Gasteiger partial charge is 0.163 e. The molecule has 0 atom stereocenters. The highest BCUT2D eigenvalue weighted by Crippen LogP contribution is 2.29. The lowest BCUT2D eigenvalue weighted by atomic mass is 10.3. The summed E-state index contributed by atoms with van der Waals surface area (Å²) < 4.78 is 10.5. The number of anilines is 1. The lowest BCUT2D eigenvalue weighted by Gasteiger charge is -2.11. The van der Waals surface area contributed by atoms with Crippen LogP contribution in [0, 0.1) is 0 Å². The van der Waals surface area contributed by atoms with E-state index < -0.39 is 0 Å². The van der Waals surface area contributed by atoms with Gasteiger partial charge in [-0.25, -0.2) is 0 Å². The molecule has 0 aliphatic heterocycles. The third kappa shape index (κ3) is 3.65. The van der Waals surface area contributed by atoms with E-state index in [-0.39, 0.29) is 26.4 Å². The van der Waals surface area contributed by atoms with Crippen LogP contribution in [0.25, 0.3) is 0 Å². The molecule has 0 amide bonds. The second kappa shape index (κ2) is 6.10. The highest BCUT2D eigenvalue weighted by molar-refractivity contribution is 5.51. The Morgan fingerprint density at radius 3 is 2.20 bits per heavy atom. The molecule has 0 radical (unpaired) electrons. The van der Waals surface area contributed by atoms with E-state index in [1.807, 2.05) is 0 Å². The summed E-state index contributed by atoms with van der Waals surface area (Å²) in [5, 5.41) is 17.2. The van der Waals surface area contributed by atoms with E-state index in [9.17, 15) is 0 Å². The second-order valence-electron chi connectivity index (χ2n) is 2.85. The van der Waals surface area contributed by atoms with E-state index >= 15 is 0 Å². The molecule has 0 heterocycles. The first kappa shape index (κ1) is 11.6. The van der Waals surface area contributed by atoms with E-state index in [0.29, 0.717) is 17.2 Å². The van der Waals surface area contributed by atoms with E-state index in [4.69, 9.17) is 25.4 Å². The summed E-state index contributed by atoms with van der Waals surface area (Å²) in [6, 6.07) is 4.96. The fraction of sp³-hybridized carbons (Fsp3) is 0.400. The van der Waals surface area contributed by atoms with Crippen molar-refractivity contribution in [1.82, 2.24) is 0 Å². The van der Waals surface area contributed by atoms with Crippen molar-refractivity contribution < 1.29 is 19.7 Å². The van der Waals surface area contributed by atoms with Crippen LogP contribution in [0.5, 0.6) is 11.5 Å². The Bertz CT molecular complexity index is 303. The van der Waals surface area contributed by atoms with Gasteiger partial charge in [0.2, 0.25) is 0 Å². The van der Waals surface area contributed by atoms with E-state index in [0.717, 1.165) is 0 Å². The normalized spacial score (nSPS) is 10.0. The minimum atomic E-state index is -0.0752. The van der Waals surface area contributed by atoms with Crippen LogP contribution < -0.4 is 15.2 Å². The molecule has 5 heteroatoms. The topological polar surface area (TPSA) is 84.9 Å². The Balaban J connectivity index is 2.73. The van der Waals surface area contributed by atoms with Crippen LogP contribution in [0.15, 0.2) is 18.2 Å². The number of nitrogen functional groups attached to an aromatic ring is 1. The molecule has 0 aliphatic carbocycles. The fourth-order valence-corrected chi connectivity index (χ4v) is 1.07. The first-order valence-electron chi connectivity index (χ1n) is 4.64. The van der Waals surface area contributed by atoms with Gasteiger partial charge in [0.25, 0.3) is 0 Å². The number of hydrogen-bond acceptors (Lipinski definition) is 5. The number of benzene rings is 1. The maximum absolute atomic E-state index is 8.63. The molecule has 15 heavy (non-hydrogen) atoms. The Morgan fingerprint density at radius 1 is 1.00 bits per heavy atom. The van der Waals surface area contributed by atoms with Crippen molar-refractivity contribution in [2.24, 2.45) is 0 Å². The summed E-state index contributed by atoms with van der Waals surface area (Å²) in [7, 11) is 0. The van der Waals surface area contributed by atoms with Gasteiger partial charge in [-0.3, -0.25) is 0 Å². The average molecular weight is 213 g/mol. The maximum Gasteiger partial charge on any atom is 0.163 e. The lowest BCUT2D eigenvalue weighted by molar-refractivity contribution is 0.178. The number of nitrogens with two attached hydrogens (primary N) is 1. The van der Waals surface area contributed by atoms with Crippen LogP contribution in [0.3, 0.4) is 0 Å². The van der Waals surface area contributed by atoms with Crippen molar-refractivity contribution in [3.63, 3.8) is 0 Å². The molecule has 0 aromatic heterocycles. The van der Waals surface area contributed by atoms with Crippen molar-refractivity contribution in [2.45, 2.75) is 0 Å². The zero-order valence-corrected chi connectivity index (χ0v) is 8.35. The molecular formula is C10H15NO4. The molecule has 0 unspecified atom stereocenters. The Kier molecular flexibility index (Phi) is 4.73. The molecule has 0 aliphatic rings. The first-order chi connectivity index (χ1) is 7.27. The molecule has 5 nitrogen and oxygen atoms in total. The summed E-state index contributed by atoms with van der Waals surface area (Å²) in [6.45, 7) is 0.233. The molecule has 84 valence electrons. The molecule has 0 saturated carbocycles. The van der Waals surface area contributed by atoms with Crippen molar-refractivity contribution in [2.75, 3.05) is 32.2 Å². The van der Waals surface area contributed by atoms with Gasteiger partial charge in [-0.05, 0) is 12.1 Å². The summed E-state index contributed by atoms with van der Waals surface area (Å²) in [4.78, 5) is 0. The predicted molar refractivity (Wildman–Crippen MR) is 56.0 cm³/mol. The quantitative estimate of drug-likeness (QED) is 0.580. The monoisotopic (exact) mass is 213 g/mol. The summed E-state index contributed by atoms with van der Waals surface area (Å²) >= 11 is 0. The van der Waals surface area contributed by atoms with Crippen molar-refractivity contribution >= 4 is 5.69 Å².